The highest BCUT2D eigenvalue weighted by Crippen LogP contribution is 2.32. The van der Waals surface area contributed by atoms with Gasteiger partial charge < -0.3 is 28.4 Å². The summed E-state index contributed by atoms with van der Waals surface area (Å²) in [5.41, 5.74) is 4.61. The smallest absolute Gasteiger partial charge is 0.188 e. The molecule has 5 atom stereocenters. The maximum Gasteiger partial charge on any atom is 0.188 e. The van der Waals surface area contributed by atoms with E-state index in [9.17, 15) is 4.79 Å². The molecule has 1 saturated heterocycles. The van der Waals surface area contributed by atoms with Crippen molar-refractivity contribution in [1.82, 2.24) is 0 Å². The Hall–Kier alpha value is -4.47. The molecule has 49 heavy (non-hydrogen) atoms. The van der Waals surface area contributed by atoms with Crippen molar-refractivity contribution in [2.24, 2.45) is 0 Å². The van der Waals surface area contributed by atoms with Gasteiger partial charge in [0.15, 0.2) is 12.1 Å². The van der Waals surface area contributed by atoms with Crippen LogP contribution in [0.1, 0.15) is 32.6 Å². The van der Waals surface area contributed by atoms with Crippen molar-refractivity contribution in [3.8, 4) is 0 Å². The Kier molecular flexibility index (Phi) is 12.9. The fourth-order valence-electron chi connectivity index (χ4n) is 5.75. The highest BCUT2D eigenvalue weighted by Gasteiger charge is 2.49. The van der Waals surface area contributed by atoms with Gasteiger partial charge in [0.1, 0.15) is 31.0 Å². The van der Waals surface area contributed by atoms with Crippen molar-refractivity contribution in [2.75, 3.05) is 13.2 Å². The van der Waals surface area contributed by atoms with Crippen LogP contribution >= 0.6 is 0 Å². The van der Waals surface area contributed by atoms with E-state index in [1.807, 2.05) is 140 Å². The zero-order chi connectivity index (χ0) is 33.5. The Balaban J connectivity index is 1.29. The maximum absolute atomic E-state index is 13.2. The summed E-state index contributed by atoms with van der Waals surface area (Å²) in [5.74, 6) is -0.160. The van der Waals surface area contributed by atoms with Gasteiger partial charge in [-0.05, 0) is 22.3 Å². The molecule has 6 rings (SSSR count). The van der Waals surface area contributed by atoms with Crippen LogP contribution in [0.5, 0.6) is 0 Å². The molecule has 0 radical (unpaired) electrons. The Morgan fingerprint density at radius 2 is 0.878 bits per heavy atom. The summed E-state index contributed by atoms with van der Waals surface area (Å²) >= 11 is 0. The van der Waals surface area contributed by atoms with E-state index in [0.717, 1.165) is 22.3 Å². The van der Waals surface area contributed by atoms with Crippen molar-refractivity contribution in [3.63, 3.8) is 0 Å². The highest BCUT2D eigenvalue weighted by molar-refractivity contribution is 5.97. The standard InChI is InChI=1S/C42H42O7/c43-37(36-24-14-5-15-25-36)30-48-42-41(47-29-35-22-12-4-13-23-35)40(46-28-34-20-10-3-11-21-34)39(45-27-33-18-8-2-9-19-33)38(49-42)31-44-26-32-16-6-1-7-17-32/h1-25,38-42H,26-31H2/t38?,39-,40?,41?,42+/m1/s1. The minimum absolute atomic E-state index is 0.160. The minimum atomic E-state index is -0.945. The molecule has 0 bridgehead atoms. The third-order valence-electron chi connectivity index (χ3n) is 8.32. The average Bonchev–Trinajstić information content (AvgIpc) is 3.17. The van der Waals surface area contributed by atoms with Gasteiger partial charge in [-0.15, -0.1) is 0 Å². The van der Waals surface area contributed by atoms with Gasteiger partial charge in [-0.25, -0.2) is 0 Å². The van der Waals surface area contributed by atoms with Crippen LogP contribution in [-0.2, 0) is 54.8 Å². The van der Waals surface area contributed by atoms with E-state index in [0.29, 0.717) is 25.4 Å². The monoisotopic (exact) mass is 658 g/mol. The van der Waals surface area contributed by atoms with E-state index in [1.54, 1.807) is 12.1 Å². The van der Waals surface area contributed by atoms with Gasteiger partial charge in [0.2, 0.25) is 0 Å². The lowest BCUT2D eigenvalue weighted by molar-refractivity contribution is -0.326. The van der Waals surface area contributed by atoms with E-state index in [2.05, 4.69) is 0 Å². The van der Waals surface area contributed by atoms with Crippen LogP contribution in [0.2, 0.25) is 0 Å². The second-order valence-electron chi connectivity index (χ2n) is 11.9. The number of benzene rings is 5. The van der Waals surface area contributed by atoms with E-state index >= 15 is 0 Å². The van der Waals surface area contributed by atoms with Crippen LogP contribution in [0.4, 0.5) is 0 Å². The molecule has 0 saturated carbocycles. The van der Waals surface area contributed by atoms with E-state index in [-0.39, 0.29) is 25.6 Å². The molecular weight excluding hydrogens is 616 g/mol. The zero-order valence-electron chi connectivity index (χ0n) is 27.4. The van der Waals surface area contributed by atoms with Crippen molar-refractivity contribution in [3.05, 3.63) is 179 Å². The lowest BCUT2D eigenvalue weighted by atomic mass is 9.97. The molecule has 5 aromatic rings. The SMILES string of the molecule is O=C(CO[C@H]1OC(COCc2ccccc2)[C@@H](OCc2ccccc2)C(OCc2ccccc2)C1OCc1ccccc1)c1ccccc1. The third-order valence-corrected chi connectivity index (χ3v) is 8.32. The summed E-state index contributed by atoms with van der Waals surface area (Å²) in [6, 6.07) is 49.0. The molecule has 252 valence electrons. The highest BCUT2D eigenvalue weighted by atomic mass is 16.7. The Morgan fingerprint density at radius 1 is 0.469 bits per heavy atom. The summed E-state index contributed by atoms with van der Waals surface area (Å²) < 4.78 is 39.2. The molecule has 1 heterocycles. The van der Waals surface area contributed by atoms with Crippen LogP contribution in [0.3, 0.4) is 0 Å². The van der Waals surface area contributed by atoms with Crippen LogP contribution in [0.15, 0.2) is 152 Å². The van der Waals surface area contributed by atoms with Gasteiger partial charge in [0.05, 0.1) is 33.0 Å². The Labute approximate surface area is 288 Å². The number of carbonyl (C=O) groups excluding carboxylic acids is 1. The number of ether oxygens (including phenoxy) is 6. The maximum atomic E-state index is 13.2. The van der Waals surface area contributed by atoms with Gasteiger partial charge in [0.25, 0.3) is 0 Å². The summed E-state index contributed by atoms with van der Waals surface area (Å²) in [5, 5.41) is 0. The molecule has 7 heteroatoms. The largest absolute Gasteiger partial charge is 0.374 e. The normalized spacial score (nSPS) is 20.5. The first-order valence-corrected chi connectivity index (χ1v) is 16.7. The molecule has 0 amide bonds. The predicted octanol–water partition coefficient (Wildman–Crippen LogP) is 7.58. The fourth-order valence-corrected chi connectivity index (χ4v) is 5.75. The summed E-state index contributed by atoms with van der Waals surface area (Å²) in [7, 11) is 0. The zero-order valence-corrected chi connectivity index (χ0v) is 27.4. The molecular formula is C42H42O7. The Bertz CT molecular complexity index is 1650. The topological polar surface area (TPSA) is 72.5 Å². The number of hydrogen-bond acceptors (Lipinski definition) is 7. The minimum Gasteiger partial charge on any atom is -0.374 e. The van der Waals surface area contributed by atoms with Crippen LogP contribution in [0.25, 0.3) is 0 Å². The lowest BCUT2D eigenvalue weighted by Gasteiger charge is -2.45. The van der Waals surface area contributed by atoms with Crippen molar-refractivity contribution in [1.29, 1.82) is 0 Å². The Morgan fingerprint density at radius 3 is 1.37 bits per heavy atom. The van der Waals surface area contributed by atoms with Gasteiger partial charge in [0, 0.05) is 5.56 Å². The first-order valence-electron chi connectivity index (χ1n) is 16.7. The van der Waals surface area contributed by atoms with Crippen LogP contribution in [-0.4, -0.2) is 49.7 Å². The summed E-state index contributed by atoms with van der Waals surface area (Å²) in [4.78, 5) is 13.2. The quantitative estimate of drug-likeness (QED) is 0.0954. The summed E-state index contributed by atoms with van der Waals surface area (Å²) in [6.07, 6.45) is -3.51. The number of hydrogen-bond donors (Lipinski definition) is 0. The molecule has 1 aliphatic rings. The molecule has 0 spiro atoms. The molecule has 0 aromatic heterocycles. The summed E-state index contributed by atoms with van der Waals surface area (Å²) in [6.45, 7) is 1.34. The van der Waals surface area contributed by atoms with Crippen molar-refractivity contribution >= 4 is 5.78 Å². The van der Waals surface area contributed by atoms with Gasteiger partial charge in [-0.2, -0.15) is 0 Å². The molecule has 0 aliphatic carbocycles. The molecule has 3 unspecified atom stereocenters. The van der Waals surface area contributed by atoms with Crippen molar-refractivity contribution < 1.29 is 33.2 Å². The first-order chi connectivity index (χ1) is 24.2. The van der Waals surface area contributed by atoms with Crippen LogP contribution < -0.4 is 0 Å². The molecule has 1 fully saturated rings. The van der Waals surface area contributed by atoms with Gasteiger partial charge in [-0.3, -0.25) is 4.79 Å². The second-order valence-corrected chi connectivity index (χ2v) is 11.9. The predicted molar refractivity (Wildman–Crippen MR) is 187 cm³/mol. The number of Topliss-reactive ketones (excluding diaryl/α,β-unsaturated/α-hetero) is 1. The fraction of sp³-hybridized carbons (Fsp3) is 0.262. The number of rotatable bonds is 17. The molecule has 0 N–H and O–H groups in total. The number of ketones is 1. The second kappa shape index (κ2) is 18.3. The van der Waals surface area contributed by atoms with E-state index in [4.69, 9.17) is 28.4 Å². The van der Waals surface area contributed by atoms with Crippen LogP contribution in [0, 0.1) is 0 Å². The third kappa shape index (κ3) is 10.3. The van der Waals surface area contributed by atoms with Gasteiger partial charge in [-0.1, -0.05) is 152 Å². The first kappa shape index (κ1) is 34.4. The molecule has 1 aliphatic heterocycles. The molecule has 7 nitrogen and oxygen atoms in total. The lowest BCUT2D eigenvalue weighted by Crippen LogP contribution is -2.62. The average molecular weight is 659 g/mol. The van der Waals surface area contributed by atoms with Gasteiger partial charge >= 0.3 is 0 Å². The van der Waals surface area contributed by atoms with E-state index < -0.39 is 30.7 Å². The number of carbonyl (C=O) groups is 1. The molecule has 5 aromatic carbocycles. The van der Waals surface area contributed by atoms with E-state index in [1.165, 1.54) is 0 Å². The van der Waals surface area contributed by atoms with Crippen molar-refractivity contribution in [2.45, 2.75) is 57.1 Å².